The molecule has 0 aromatic carbocycles. The second-order valence-corrected chi connectivity index (χ2v) is 5.71. The Morgan fingerprint density at radius 2 is 1.91 bits per heavy atom. The lowest BCUT2D eigenvalue weighted by Gasteiger charge is -2.34. The summed E-state index contributed by atoms with van der Waals surface area (Å²) in [6.45, 7) is 0.722. The number of ether oxygens (including phenoxy) is 1. The molecule has 1 aliphatic rings. The minimum atomic E-state index is -5.16. The molecule has 1 rings (SSSR count). The van der Waals surface area contributed by atoms with E-state index in [1.54, 1.807) is 0 Å². The fourth-order valence-corrected chi connectivity index (χ4v) is 2.56. The van der Waals surface area contributed by atoms with Gasteiger partial charge in [0.15, 0.2) is 0 Å². The molecule has 23 heavy (non-hydrogen) atoms. The number of hydrogen-bond donors (Lipinski definition) is 3. The van der Waals surface area contributed by atoms with Crippen molar-refractivity contribution < 1.29 is 27.5 Å². The molecule has 0 aliphatic carbocycles. The summed E-state index contributed by atoms with van der Waals surface area (Å²) >= 11 is 0. The highest BCUT2D eigenvalue weighted by atomic mass is 19.4. The topological polar surface area (TPSA) is 107 Å². The minimum Gasteiger partial charge on any atom is -0.430 e. The number of carbonyl (C=O) groups is 2. The van der Waals surface area contributed by atoms with Crippen molar-refractivity contribution >= 4 is 11.8 Å². The van der Waals surface area contributed by atoms with Crippen LogP contribution >= 0.6 is 0 Å². The summed E-state index contributed by atoms with van der Waals surface area (Å²) in [6, 6.07) is -1.01. The van der Waals surface area contributed by atoms with E-state index in [-0.39, 0.29) is 19.4 Å². The Morgan fingerprint density at radius 1 is 1.22 bits per heavy atom. The van der Waals surface area contributed by atoms with Gasteiger partial charge < -0.3 is 16.2 Å². The number of ketones is 1. The molecule has 0 amide bonds. The van der Waals surface area contributed by atoms with E-state index < -0.39 is 29.7 Å². The van der Waals surface area contributed by atoms with Crippen molar-refractivity contribution in [2.24, 2.45) is 11.5 Å². The Hall–Kier alpha value is -1.19. The Bertz CT molecular complexity index is 408. The highest BCUT2D eigenvalue weighted by Gasteiger charge is 2.50. The molecule has 0 bridgehead atoms. The van der Waals surface area contributed by atoms with Gasteiger partial charge in [-0.05, 0) is 38.8 Å². The van der Waals surface area contributed by atoms with Gasteiger partial charge in [-0.15, -0.1) is 0 Å². The molecule has 1 aliphatic heterocycles. The second kappa shape index (κ2) is 8.60. The molecule has 0 saturated carbocycles. The standard InChI is InChI=1S/C14H24F3N3O3/c15-14(16,17)12(22)23-13(7-3-1-5-9-20-13)11(21)10(19)6-2-4-8-18/h10,20H,1-9,18-19H2/t10-,13?/m0/s1. The van der Waals surface area contributed by atoms with Gasteiger partial charge in [0, 0.05) is 6.42 Å². The van der Waals surface area contributed by atoms with Crippen molar-refractivity contribution in [3.05, 3.63) is 0 Å². The zero-order chi connectivity index (χ0) is 17.5. The summed E-state index contributed by atoms with van der Waals surface area (Å²) in [6.07, 6.45) is -1.78. The van der Waals surface area contributed by atoms with Crippen LogP contribution in [-0.4, -0.2) is 42.8 Å². The van der Waals surface area contributed by atoms with Crippen LogP contribution in [0, 0.1) is 0 Å². The van der Waals surface area contributed by atoms with Crippen molar-refractivity contribution in [2.45, 2.75) is 62.9 Å². The van der Waals surface area contributed by atoms with Crippen LogP contribution in [0.4, 0.5) is 13.2 Å². The van der Waals surface area contributed by atoms with Crippen LogP contribution in [0.25, 0.3) is 0 Å². The summed E-state index contributed by atoms with van der Waals surface area (Å²) in [5.41, 5.74) is 9.17. The minimum absolute atomic E-state index is 0.0156. The summed E-state index contributed by atoms with van der Waals surface area (Å²) in [5.74, 6) is -3.09. The molecule has 0 aromatic rings. The first-order valence-corrected chi connectivity index (χ1v) is 7.78. The van der Waals surface area contributed by atoms with Gasteiger partial charge in [-0.1, -0.05) is 12.8 Å². The number of nitrogens with two attached hydrogens (primary N) is 2. The third-order valence-corrected chi connectivity index (χ3v) is 3.82. The Morgan fingerprint density at radius 3 is 2.52 bits per heavy atom. The lowest BCUT2D eigenvalue weighted by atomic mass is 9.93. The van der Waals surface area contributed by atoms with Crippen LogP contribution in [0.5, 0.6) is 0 Å². The first kappa shape index (κ1) is 19.9. The van der Waals surface area contributed by atoms with Crippen molar-refractivity contribution in [2.75, 3.05) is 13.1 Å². The van der Waals surface area contributed by atoms with Crippen LogP contribution in [-0.2, 0) is 14.3 Å². The van der Waals surface area contributed by atoms with Gasteiger partial charge in [-0.2, -0.15) is 13.2 Å². The summed E-state index contributed by atoms with van der Waals surface area (Å²) in [7, 11) is 0. The largest absolute Gasteiger partial charge is 0.491 e. The van der Waals surface area contributed by atoms with E-state index in [0.29, 0.717) is 32.2 Å². The van der Waals surface area contributed by atoms with Crippen LogP contribution in [0.1, 0.15) is 44.9 Å². The average molecular weight is 339 g/mol. The van der Waals surface area contributed by atoms with E-state index in [0.717, 1.165) is 6.42 Å². The van der Waals surface area contributed by atoms with Gasteiger partial charge in [0.2, 0.25) is 11.5 Å². The molecule has 5 N–H and O–H groups in total. The number of alkyl halides is 3. The first-order valence-electron chi connectivity index (χ1n) is 7.78. The molecule has 0 aromatic heterocycles. The van der Waals surface area contributed by atoms with E-state index >= 15 is 0 Å². The van der Waals surface area contributed by atoms with Crippen LogP contribution < -0.4 is 16.8 Å². The van der Waals surface area contributed by atoms with Crippen molar-refractivity contribution in [1.29, 1.82) is 0 Å². The highest BCUT2D eigenvalue weighted by molar-refractivity contribution is 5.93. The van der Waals surface area contributed by atoms with Gasteiger partial charge in [-0.3, -0.25) is 10.1 Å². The third kappa shape index (κ3) is 5.74. The second-order valence-electron chi connectivity index (χ2n) is 5.71. The fourth-order valence-electron chi connectivity index (χ4n) is 2.56. The number of rotatable bonds is 7. The number of halogens is 3. The fraction of sp³-hybridized carbons (Fsp3) is 0.857. The molecule has 1 saturated heterocycles. The van der Waals surface area contributed by atoms with Gasteiger partial charge in [-0.25, -0.2) is 4.79 Å². The lowest BCUT2D eigenvalue weighted by Crippen LogP contribution is -2.61. The quantitative estimate of drug-likeness (QED) is 0.471. The van der Waals surface area contributed by atoms with E-state index in [1.807, 2.05) is 0 Å². The van der Waals surface area contributed by atoms with Gasteiger partial charge in [0.05, 0.1) is 6.04 Å². The molecule has 0 spiro atoms. The van der Waals surface area contributed by atoms with Crippen LogP contribution in [0.2, 0.25) is 0 Å². The van der Waals surface area contributed by atoms with Crippen molar-refractivity contribution in [3.63, 3.8) is 0 Å². The molecule has 6 nitrogen and oxygen atoms in total. The number of Topliss-reactive ketones (excluding diaryl/α,β-unsaturated/α-hetero) is 1. The van der Waals surface area contributed by atoms with E-state index in [4.69, 9.17) is 11.5 Å². The maximum atomic E-state index is 12.6. The summed E-state index contributed by atoms with van der Waals surface area (Å²) in [5, 5.41) is 2.67. The first-order chi connectivity index (χ1) is 10.7. The normalized spacial score (nSPS) is 23.9. The monoisotopic (exact) mass is 339 g/mol. The average Bonchev–Trinajstić information content (AvgIpc) is 2.72. The summed E-state index contributed by atoms with van der Waals surface area (Å²) in [4.78, 5) is 23.8. The van der Waals surface area contributed by atoms with Gasteiger partial charge >= 0.3 is 12.1 Å². The zero-order valence-electron chi connectivity index (χ0n) is 13.0. The van der Waals surface area contributed by atoms with E-state index in [9.17, 15) is 22.8 Å². The Kier molecular flexibility index (Phi) is 7.43. The third-order valence-electron chi connectivity index (χ3n) is 3.82. The molecule has 1 unspecified atom stereocenters. The van der Waals surface area contributed by atoms with E-state index in [2.05, 4.69) is 10.1 Å². The number of unbranched alkanes of at least 4 members (excludes halogenated alkanes) is 1. The number of hydrogen-bond acceptors (Lipinski definition) is 6. The SMILES string of the molecule is NCCCC[C@H](N)C(=O)C1(OC(=O)C(F)(F)F)CCCCCN1. The Balaban J connectivity index is 2.89. The van der Waals surface area contributed by atoms with Crippen LogP contribution in [0.15, 0.2) is 0 Å². The van der Waals surface area contributed by atoms with Gasteiger partial charge in [0.1, 0.15) is 0 Å². The smallest absolute Gasteiger partial charge is 0.430 e. The number of esters is 1. The molecule has 9 heteroatoms. The molecule has 1 fully saturated rings. The molecule has 2 atom stereocenters. The summed E-state index contributed by atoms with van der Waals surface area (Å²) < 4.78 is 42.2. The maximum absolute atomic E-state index is 12.6. The zero-order valence-corrected chi connectivity index (χ0v) is 13.0. The predicted octanol–water partition coefficient (Wildman–Crippen LogP) is 0.977. The number of nitrogens with one attached hydrogen (secondary N) is 1. The molecule has 134 valence electrons. The van der Waals surface area contributed by atoms with Crippen LogP contribution in [0.3, 0.4) is 0 Å². The van der Waals surface area contributed by atoms with Gasteiger partial charge in [0.25, 0.3) is 0 Å². The molecule has 0 radical (unpaired) electrons. The Labute approximate surface area is 133 Å². The van der Waals surface area contributed by atoms with E-state index in [1.165, 1.54) is 0 Å². The lowest BCUT2D eigenvalue weighted by molar-refractivity contribution is -0.217. The van der Waals surface area contributed by atoms with Crippen molar-refractivity contribution in [3.8, 4) is 0 Å². The molecular formula is C14H24F3N3O3. The maximum Gasteiger partial charge on any atom is 0.491 e. The molecular weight excluding hydrogens is 315 g/mol. The number of carbonyl (C=O) groups excluding carboxylic acids is 2. The predicted molar refractivity (Wildman–Crippen MR) is 77.2 cm³/mol. The highest BCUT2D eigenvalue weighted by Crippen LogP contribution is 2.28. The molecule has 1 heterocycles. The van der Waals surface area contributed by atoms with Crippen molar-refractivity contribution in [1.82, 2.24) is 5.32 Å².